The number of piperidine rings is 1. The third-order valence-corrected chi connectivity index (χ3v) is 3.81. The van der Waals surface area contributed by atoms with Gasteiger partial charge in [-0.1, -0.05) is 6.92 Å². The van der Waals surface area contributed by atoms with Gasteiger partial charge in [0.05, 0.1) is 11.4 Å². The van der Waals surface area contributed by atoms with Crippen LogP contribution in [0.25, 0.3) is 0 Å². The Labute approximate surface area is 124 Å². The molecular weight excluding hydrogens is 270 g/mol. The minimum Gasteiger partial charge on any atom is -0.395 e. The predicted octanol–water partition coefficient (Wildman–Crippen LogP) is 0.305. The number of nitrogens with one attached hydrogen (secondary N) is 1. The minimum absolute atomic E-state index is 0.0142. The number of carbonyl (C=O) groups excluding carboxylic acids is 2. The van der Waals surface area contributed by atoms with Crippen LogP contribution in [0.15, 0.2) is 0 Å². The van der Waals surface area contributed by atoms with Gasteiger partial charge in [0.1, 0.15) is 5.69 Å². The van der Waals surface area contributed by atoms with Crippen LogP contribution in [0.5, 0.6) is 0 Å². The molecule has 0 saturated carbocycles. The lowest BCUT2D eigenvalue weighted by molar-refractivity contribution is -0.120. The molecule has 1 saturated heterocycles. The Morgan fingerprint density at radius 1 is 1.48 bits per heavy atom. The summed E-state index contributed by atoms with van der Waals surface area (Å²) in [6.07, 6.45) is 2.46. The zero-order chi connectivity index (χ0) is 15.6. The number of amides is 2. The summed E-state index contributed by atoms with van der Waals surface area (Å²) in [5.74, 6) is -0.181. The van der Waals surface area contributed by atoms with Crippen molar-refractivity contribution in [3.63, 3.8) is 0 Å². The highest BCUT2D eigenvalue weighted by Gasteiger charge is 2.28. The van der Waals surface area contributed by atoms with Crippen molar-refractivity contribution in [2.75, 3.05) is 18.8 Å². The topological polar surface area (TPSA) is 93.2 Å². The summed E-state index contributed by atoms with van der Waals surface area (Å²) in [6.45, 7) is 4.65. The first-order valence-electron chi connectivity index (χ1n) is 7.31. The number of aryl methyl sites for hydroxylation is 2. The lowest BCUT2D eigenvalue weighted by Crippen LogP contribution is -2.49. The number of carbonyl (C=O) groups is 2. The van der Waals surface area contributed by atoms with Gasteiger partial charge >= 0.3 is 0 Å². The number of rotatable bonds is 3. The first-order chi connectivity index (χ1) is 9.93. The van der Waals surface area contributed by atoms with Gasteiger partial charge in [0.2, 0.25) is 5.91 Å². The summed E-state index contributed by atoms with van der Waals surface area (Å²) < 4.78 is 1.55. The van der Waals surface area contributed by atoms with Crippen molar-refractivity contribution in [3.8, 4) is 0 Å². The average Bonchev–Trinajstić information content (AvgIpc) is 2.72. The molecule has 1 aliphatic heterocycles. The Bertz CT molecular complexity index is 552. The molecule has 1 atom stereocenters. The molecule has 116 valence electrons. The number of likely N-dealkylation sites (tertiary alicyclic amines) is 1. The van der Waals surface area contributed by atoms with Crippen molar-refractivity contribution in [1.82, 2.24) is 20.0 Å². The molecule has 2 rings (SSSR count). The highest BCUT2D eigenvalue weighted by Crippen LogP contribution is 2.21. The normalized spacial score (nSPS) is 18.6. The fourth-order valence-electron chi connectivity index (χ4n) is 2.83. The van der Waals surface area contributed by atoms with Crippen LogP contribution in [-0.2, 0) is 18.3 Å². The number of aromatic nitrogens is 2. The molecule has 0 radical (unpaired) electrons. The molecular formula is C14H23N5O2. The van der Waals surface area contributed by atoms with Gasteiger partial charge in [-0.05, 0) is 19.3 Å². The zero-order valence-electron chi connectivity index (χ0n) is 12.8. The van der Waals surface area contributed by atoms with Gasteiger partial charge < -0.3 is 16.0 Å². The van der Waals surface area contributed by atoms with Crippen LogP contribution < -0.4 is 11.1 Å². The third kappa shape index (κ3) is 3.17. The summed E-state index contributed by atoms with van der Waals surface area (Å²) >= 11 is 0. The van der Waals surface area contributed by atoms with E-state index >= 15 is 0 Å². The molecule has 0 spiro atoms. The number of hydrogen-bond donors (Lipinski definition) is 2. The second-order valence-corrected chi connectivity index (χ2v) is 5.48. The quantitative estimate of drug-likeness (QED) is 0.838. The minimum atomic E-state index is -0.114. The standard InChI is InChI=1S/C14H23N5O2/c1-4-11-12(15)13(18(3)17-11)14(21)19-7-5-6-10(8-19)16-9(2)20/h10H,4-8,15H2,1-3H3,(H,16,20). The molecule has 1 aromatic rings. The third-order valence-electron chi connectivity index (χ3n) is 3.81. The maximum absolute atomic E-state index is 12.7. The van der Waals surface area contributed by atoms with Crippen molar-refractivity contribution in [1.29, 1.82) is 0 Å². The lowest BCUT2D eigenvalue weighted by Gasteiger charge is -2.33. The van der Waals surface area contributed by atoms with E-state index in [1.165, 1.54) is 6.92 Å². The number of nitrogen functional groups attached to an aromatic ring is 1. The van der Waals surface area contributed by atoms with Gasteiger partial charge in [0.15, 0.2) is 0 Å². The summed E-state index contributed by atoms with van der Waals surface area (Å²) in [5.41, 5.74) is 7.69. The van der Waals surface area contributed by atoms with E-state index in [0.29, 0.717) is 30.9 Å². The highest BCUT2D eigenvalue weighted by molar-refractivity contribution is 5.98. The number of anilines is 1. The van der Waals surface area contributed by atoms with Crippen molar-refractivity contribution < 1.29 is 9.59 Å². The predicted molar refractivity (Wildman–Crippen MR) is 79.7 cm³/mol. The first-order valence-corrected chi connectivity index (χ1v) is 7.31. The van der Waals surface area contributed by atoms with Gasteiger partial charge in [0, 0.05) is 33.1 Å². The van der Waals surface area contributed by atoms with Crippen LogP contribution in [0.3, 0.4) is 0 Å². The van der Waals surface area contributed by atoms with Crippen LogP contribution in [0.2, 0.25) is 0 Å². The van der Waals surface area contributed by atoms with E-state index in [-0.39, 0.29) is 17.9 Å². The number of nitrogens with two attached hydrogens (primary N) is 1. The Kier molecular flexibility index (Phi) is 4.50. The Balaban J connectivity index is 2.16. The maximum atomic E-state index is 12.7. The molecule has 0 aromatic carbocycles. The van der Waals surface area contributed by atoms with E-state index in [4.69, 9.17) is 5.73 Å². The monoisotopic (exact) mass is 293 g/mol. The smallest absolute Gasteiger partial charge is 0.274 e. The summed E-state index contributed by atoms with van der Waals surface area (Å²) in [4.78, 5) is 25.6. The van der Waals surface area contributed by atoms with Crippen LogP contribution in [0.1, 0.15) is 42.9 Å². The Hall–Kier alpha value is -2.05. The number of nitrogens with zero attached hydrogens (tertiary/aromatic N) is 3. The van der Waals surface area contributed by atoms with E-state index < -0.39 is 0 Å². The van der Waals surface area contributed by atoms with Gasteiger partial charge in [0.25, 0.3) is 5.91 Å². The Morgan fingerprint density at radius 3 is 2.76 bits per heavy atom. The number of hydrogen-bond acceptors (Lipinski definition) is 4. The van der Waals surface area contributed by atoms with E-state index in [9.17, 15) is 9.59 Å². The molecule has 1 fully saturated rings. The summed E-state index contributed by atoms with van der Waals surface area (Å²) in [6, 6.07) is 0.0142. The second kappa shape index (κ2) is 6.15. The van der Waals surface area contributed by atoms with Crippen molar-refractivity contribution in [3.05, 3.63) is 11.4 Å². The molecule has 0 aliphatic carbocycles. The lowest BCUT2D eigenvalue weighted by atomic mass is 10.0. The molecule has 1 aromatic heterocycles. The van der Waals surface area contributed by atoms with Gasteiger partial charge in [-0.15, -0.1) is 0 Å². The molecule has 7 nitrogen and oxygen atoms in total. The summed E-state index contributed by atoms with van der Waals surface area (Å²) in [5, 5.41) is 7.16. The molecule has 7 heteroatoms. The molecule has 3 N–H and O–H groups in total. The van der Waals surface area contributed by atoms with E-state index in [1.807, 2.05) is 6.92 Å². The van der Waals surface area contributed by atoms with Gasteiger partial charge in [-0.2, -0.15) is 5.10 Å². The first kappa shape index (κ1) is 15.3. The van der Waals surface area contributed by atoms with E-state index in [1.54, 1.807) is 16.6 Å². The van der Waals surface area contributed by atoms with Crippen molar-refractivity contribution in [2.45, 2.75) is 39.2 Å². The zero-order valence-corrected chi connectivity index (χ0v) is 12.8. The van der Waals surface area contributed by atoms with Crippen LogP contribution >= 0.6 is 0 Å². The molecule has 0 bridgehead atoms. The van der Waals surface area contributed by atoms with Crippen molar-refractivity contribution in [2.24, 2.45) is 7.05 Å². The highest BCUT2D eigenvalue weighted by atomic mass is 16.2. The second-order valence-electron chi connectivity index (χ2n) is 5.48. The van der Waals surface area contributed by atoms with Gasteiger partial charge in [-0.25, -0.2) is 0 Å². The summed E-state index contributed by atoms with van der Waals surface area (Å²) in [7, 11) is 1.73. The largest absolute Gasteiger partial charge is 0.395 e. The molecule has 1 unspecified atom stereocenters. The van der Waals surface area contributed by atoms with Crippen LogP contribution in [0, 0.1) is 0 Å². The van der Waals surface area contributed by atoms with Crippen LogP contribution in [-0.4, -0.2) is 45.6 Å². The fraction of sp³-hybridized carbons (Fsp3) is 0.643. The van der Waals surface area contributed by atoms with E-state index in [2.05, 4.69) is 10.4 Å². The molecule has 1 aliphatic rings. The molecule has 2 heterocycles. The SMILES string of the molecule is CCc1nn(C)c(C(=O)N2CCCC(NC(C)=O)C2)c1N. The van der Waals surface area contributed by atoms with E-state index in [0.717, 1.165) is 18.5 Å². The van der Waals surface area contributed by atoms with Crippen LogP contribution in [0.4, 0.5) is 5.69 Å². The Morgan fingerprint density at radius 2 is 2.19 bits per heavy atom. The average molecular weight is 293 g/mol. The fourth-order valence-corrected chi connectivity index (χ4v) is 2.83. The molecule has 2 amide bonds. The van der Waals surface area contributed by atoms with Gasteiger partial charge in [-0.3, -0.25) is 14.3 Å². The molecule has 21 heavy (non-hydrogen) atoms. The van der Waals surface area contributed by atoms with Crippen molar-refractivity contribution >= 4 is 17.5 Å². The maximum Gasteiger partial charge on any atom is 0.274 e.